The predicted octanol–water partition coefficient (Wildman–Crippen LogP) is 1.00. The third-order valence-corrected chi connectivity index (χ3v) is 5.49. The lowest BCUT2D eigenvalue weighted by atomic mass is 10.2. The van der Waals surface area contributed by atoms with Gasteiger partial charge < -0.3 is 10.2 Å². The number of hydrogen-bond donors (Lipinski definition) is 1. The molecule has 2 aliphatic rings. The number of piperazine rings is 1. The summed E-state index contributed by atoms with van der Waals surface area (Å²) in [5.74, 6) is -0.00139. The van der Waals surface area contributed by atoms with Crippen LogP contribution in [0.25, 0.3) is 5.69 Å². The molecule has 3 heterocycles. The Balaban J connectivity index is 1.48. The first kappa shape index (κ1) is 17.2. The number of aryl methyl sites for hydroxylation is 1. The quantitative estimate of drug-likeness (QED) is 0.891. The molecule has 1 aromatic heterocycles. The average Bonchev–Trinajstić information content (AvgIpc) is 3.30. The normalized spacial score (nSPS) is 21.3. The van der Waals surface area contributed by atoms with Crippen molar-refractivity contribution in [3.8, 4) is 5.69 Å². The lowest BCUT2D eigenvalue weighted by Crippen LogP contribution is -2.49. The minimum absolute atomic E-state index is 0.00139. The van der Waals surface area contributed by atoms with Crippen LogP contribution in [0.1, 0.15) is 28.2 Å². The number of amides is 1. The number of likely N-dealkylation sites (tertiary alicyclic amines) is 1. The van der Waals surface area contributed by atoms with E-state index in [4.69, 9.17) is 0 Å². The third kappa shape index (κ3) is 3.24. The molecule has 2 saturated heterocycles. The van der Waals surface area contributed by atoms with Crippen LogP contribution in [0, 0.1) is 13.8 Å². The molecule has 0 spiro atoms. The van der Waals surface area contributed by atoms with E-state index < -0.39 is 0 Å². The topological polar surface area (TPSA) is 66.3 Å². The van der Waals surface area contributed by atoms with Crippen molar-refractivity contribution in [2.24, 2.45) is 0 Å². The van der Waals surface area contributed by atoms with Crippen LogP contribution in [-0.4, -0.2) is 76.0 Å². The maximum atomic E-state index is 13.0. The monoisotopic (exact) mass is 354 g/mol. The molecule has 0 saturated carbocycles. The first-order chi connectivity index (χ1) is 12.6. The molecule has 1 amide bonds. The van der Waals surface area contributed by atoms with Crippen LogP contribution in [0.4, 0.5) is 0 Å². The predicted molar refractivity (Wildman–Crippen MR) is 99.6 cm³/mol. The van der Waals surface area contributed by atoms with Crippen molar-refractivity contribution in [2.75, 3.05) is 39.3 Å². The van der Waals surface area contributed by atoms with E-state index in [1.165, 1.54) is 5.56 Å². The first-order valence-corrected chi connectivity index (χ1v) is 9.37. The van der Waals surface area contributed by atoms with Crippen molar-refractivity contribution in [1.82, 2.24) is 30.1 Å². The highest BCUT2D eigenvalue weighted by Gasteiger charge is 2.33. The van der Waals surface area contributed by atoms with Crippen molar-refractivity contribution in [2.45, 2.75) is 26.3 Å². The van der Waals surface area contributed by atoms with Gasteiger partial charge >= 0.3 is 0 Å². The number of rotatable bonds is 3. The molecule has 0 bridgehead atoms. The highest BCUT2D eigenvalue weighted by molar-refractivity contribution is 5.93. The van der Waals surface area contributed by atoms with E-state index >= 15 is 0 Å². The van der Waals surface area contributed by atoms with E-state index in [0.717, 1.165) is 57.1 Å². The van der Waals surface area contributed by atoms with Crippen molar-refractivity contribution >= 4 is 5.91 Å². The Morgan fingerprint density at radius 2 is 1.85 bits per heavy atom. The molecule has 7 heteroatoms. The summed E-state index contributed by atoms with van der Waals surface area (Å²) in [7, 11) is 0. The summed E-state index contributed by atoms with van der Waals surface area (Å²) in [5.41, 5.74) is 3.38. The maximum Gasteiger partial charge on any atom is 0.276 e. The lowest BCUT2D eigenvalue weighted by molar-refractivity contribution is 0.0767. The highest BCUT2D eigenvalue weighted by atomic mass is 16.2. The molecule has 1 atom stereocenters. The summed E-state index contributed by atoms with van der Waals surface area (Å²) < 4.78 is 1.75. The second kappa shape index (κ2) is 7.17. The molecule has 1 aromatic carbocycles. The van der Waals surface area contributed by atoms with Gasteiger partial charge in [-0.15, -0.1) is 5.10 Å². The van der Waals surface area contributed by atoms with Crippen molar-refractivity contribution in [3.63, 3.8) is 0 Å². The fourth-order valence-corrected chi connectivity index (χ4v) is 3.88. The summed E-state index contributed by atoms with van der Waals surface area (Å²) in [6.07, 6.45) is 1.04. The van der Waals surface area contributed by atoms with Crippen LogP contribution in [0.15, 0.2) is 24.3 Å². The number of benzene rings is 1. The van der Waals surface area contributed by atoms with Crippen molar-refractivity contribution in [3.05, 3.63) is 41.2 Å². The molecule has 26 heavy (non-hydrogen) atoms. The average molecular weight is 354 g/mol. The Morgan fingerprint density at radius 1 is 1.12 bits per heavy atom. The highest BCUT2D eigenvalue weighted by Crippen LogP contribution is 2.20. The summed E-state index contributed by atoms with van der Waals surface area (Å²) >= 11 is 0. The van der Waals surface area contributed by atoms with Gasteiger partial charge in [0, 0.05) is 45.3 Å². The summed E-state index contributed by atoms with van der Waals surface area (Å²) in [5, 5.41) is 11.8. The van der Waals surface area contributed by atoms with E-state index in [1.54, 1.807) is 4.68 Å². The number of nitrogens with zero attached hydrogens (tertiary/aromatic N) is 5. The fraction of sp³-hybridized carbons (Fsp3) is 0.526. The van der Waals surface area contributed by atoms with Crippen LogP contribution < -0.4 is 5.32 Å². The molecule has 4 rings (SSSR count). The maximum absolute atomic E-state index is 13.0. The molecule has 0 aliphatic carbocycles. The zero-order chi connectivity index (χ0) is 18.1. The number of hydrogen-bond acceptors (Lipinski definition) is 5. The number of nitrogens with one attached hydrogen (secondary N) is 1. The van der Waals surface area contributed by atoms with Gasteiger partial charge in [0.05, 0.1) is 11.4 Å². The summed E-state index contributed by atoms with van der Waals surface area (Å²) in [6, 6.07) is 8.55. The molecule has 138 valence electrons. The molecule has 2 fully saturated rings. The zero-order valence-corrected chi connectivity index (χ0v) is 15.5. The van der Waals surface area contributed by atoms with E-state index in [9.17, 15) is 4.79 Å². The van der Waals surface area contributed by atoms with Gasteiger partial charge in [-0.1, -0.05) is 22.9 Å². The summed E-state index contributed by atoms with van der Waals surface area (Å²) in [4.78, 5) is 17.4. The molecule has 1 N–H and O–H groups in total. The number of carbonyl (C=O) groups excluding carboxylic acids is 1. The lowest BCUT2D eigenvalue weighted by Gasteiger charge is -2.32. The van der Waals surface area contributed by atoms with Gasteiger partial charge in [-0.3, -0.25) is 9.69 Å². The van der Waals surface area contributed by atoms with Crippen molar-refractivity contribution in [1.29, 1.82) is 0 Å². The van der Waals surface area contributed by atoms with Crippen LogP contribution in [0.2, 0.25) is 0 Å². The number of aromatic nitrogens is 3. The third-order valence-electron chi connectivity index (χ3n) is 5.49. The molecule has 7 nitrogen and oxygen atoms in total. The minimum atomic E-state index is -0.00139. The van der Waals surface area contributed by atoms with E-state index in [0.29, 0.717) is 11.7 Å². The molecule has 1 unspecified atom stereocenters. The van der Waals surface area contributed by atoms with Crippen LogP contribution >= 0.6 is 0 Å². The van der Waals surface area contributed by atoms with E-state index in [-0.39, 0.29) is 5.91 Å². The minimum Gasteiger partial charge on any atom is -0.336 e. The van der Waals surface area contributed by atoms with E-state index in [1.807, 2.05) is 36.1 Å². The first-order valence-electron chi connectivity index (χ1n) is 9.37. The van der Waals surface area contributed by atoms with E-state index in [2.05, 4.69) is 27.5 Å². The van der Waals surface area contributed by atoms with Gasteiger partial charge in [0.25, 0.3) is 5.91 Å². The SMILES string of the molecule is Cc1ccc(-n2nnc(C(=O)N3CCC(N4CCNCC4)C3)c2C)cc1. The molecule has 2 aliphatic heterocycles. The second-order valence-corrected chi connectivity index (χ2v) is 7.25. The van der Waals surface area contributed by atoms with Crippen molar-refractivity contribution < 1.29 is 4.79 Å². The Kier molecular flexibility index (Phi) is 4.74. The molecule has 2 aromatic rings. The molecule has 0 radical (unpaired) electrons. The summed E-state index contributed by atoms with van der Waals surface area (Å²) in [6.45, 7) is 9.75. The number of carbonyl (C=O) groups is 1. The Bertz CT molecular complexity index is 778. The second-order valence-electron chi connectivity index (χ2n) is 7.25. The largest absolute Gasteiger partial charge is 0.336 e. The molecular formula is C19H26N6O. The van der Waals surface area contributed by atoms with Gasteiger partial charge in [0.1, 0.15) is 0 Å². The van der Waals surface area contributed by atoms with Gasteiger partial charge in [0.2, 0.25) is 0 Å². The Labute approximate surface area is 154 Å². The van der Waals surface area contributed by atoms with Gasteiger partial charge in [0.15, 0.2) is 5.69 Å². The zero-order valence-electron chi connectivity index (χ0n) is 15.5. The van der Waals surface area contributed by atoms with Gasteiger partial charge in [-0.25, -0.2) is 4.68 Å². The van der Waals surface area contributed by atoms with Crippen LogP contribution in [0.3, 0.4) is 0 Å². The van der Waals surface area contributed by atoms with Crippen LogP contribution in [0.5, 0.6) is 0 Å². The van der Waals surface area contributed by atoms with Crippen LogP contribution in [-0.2, 0) is 0 Å². The fourth-order valence-electron chi connectivity index (χ4n) is 3.88. The van der Waals surface area contributed by atoms with Gasteiger partial charge in [-0.2, -0.15) is 0 Å². The molecular weight excluding hydrogens is 328 g/mol. The van der Waals surface area contributed by atoms with Gasteiger partial charge in [-0.05, 0) is 32.4 Å². The Hall–Kier alpha value is -2.25. The smallest absolute Gasteiger partial charge is 0.276 e. The Morgan fingerprint density at radius 3 is 2.58 bits per heavy atom. The standard InChI is InChI=1S/C19H26N6O/c1-14-3-5-16(6-4-14)25-15(2)18(21-22-25)19(26)24-10-7-17(13-24)23-11-8-20-9-12-23/h3-6,17,20H,7-13H2,1-2H3.